The number of hydrogen-bond donors (Lipinski definition) is 1. The minimum atomic E-state index is -0.552. The van der Waals surface area contributed by atoms with E-state index in [-0.39, 0.29) is 5.91 Å². The minimum Gasteiger partial charge on any atom is -0.377 e. The second kappa shape index (κ2) is 6.52. The Morgan fingerprint density at radius 2 is 1.90 bits per heavy atom. The molecule has 1 heterocycles. The van der Waals surface area contributed by atoms with Gasteiger partial charge in [-0.2, -0.15) is 0 Å². The van der Waals surface area contributed by atoms with Crippen LogP contribution in [0, 0.1) is 0 Å². The van der Waals surface area contributed by atoms with Gasteiger partial charge >= 0.3 is 0 Å². The molecule has 0 spiro atoms. The lowest BCUT2D eigenvalue weighted by Crippen LogP contribution is -2.38. The van der Waals surface area contributed by atoms with Gasteiger partial charge in [0.15, 0.2) is 5.17 Å². The number of hydrogen-bond acceptors (Lipinski definition) is 4. The molecule has 1 aliphatic rings. The van der Waals surface area contributed by atoms with Crippen molar-refractivity contribution in [3.63, 3.8) is 0 Å². The average Bonchev–Trinajstić information content (AvgIpc) is 2.82. The number of aliphatic imine (C=N–C) groups is 1. The van der Waals surface area contributed by atoms with Crippen LogP contribution in [-0.4, -0.2) is 30.7 Å². The maximum atomic E-state index is 12.1. The third-order valence-corrected chi connectivity index (χ3v) is 4.89. The van der Waals surface area contributed by atoms with Crippen molar-refractivity contribution in [3.8, 4) is 0 Å². The Morgan fingerprint density at radius 1 is 1.24 bits per heavy atom. The summed E-state index contributed by atoms with van der Waals surface area (Å²) in [6.07, 6.45) is 1.49. The number of nitrogens with zero attached hydrogens (tertiary/aromatic N) is 2. The second-order valence-electron chi connectivity index (χ2n) is 5.42. The van der Waals surface area contributed by atoms with Gasteiger partial charge in [0, 0.05) is 25.5 Å². The number of anilines is 1. The van der Waals surface area contributed by atoms with Crippen LogP contribution in [0.25, 0.3) is 0 Å². The second-order valence-corrected chi connectivity index (χ2v) is 6.39. The zero-order valence-corrected chi connectivity index (χ0v) is 14.0. The molecule has 0 aliphatic carbocycles. The van der Waals surface area contributed by atoms with E-state index in [4.69, 9.17) is 0 Å². The van der Waals surface area contributed by atoms with Crippen molar-refractivity contribution < 1.29 is 4.79 Å². The Labute approximate surface area is 131 Å². The lowest BCUT2D eigenvalue weighted by molar-refractivity contribution is -0.123. The summed E-state index contributed by atoms with van der Waals surface area (Å²) in [4.78, 5) is 18.8. The van der Waals surface area contributed by atoms with E-state index in [9.17, 15) is 4.79 Å². The van der Waals surface area contributed by atoms with E-state index in [2.05, 4.69) is 27.3 Å². The van der Waals surface area contributed by atoms with E-state index >= 15 is 0 Å². The zero-order chi connectivity index (χ0) is 15.5. The molecule has 0 atom stereocenters. The first-order chi connectivity index (χ1) is 10.0. The number of benzene rings is 1. The van der Waals surface area contributed by atoms with Crippen LogP contribution in [0.4, 0.5) is 5.69 Å². The third-order valence-electron chi connectivity index (χ3n) is 3.97. The van der Waals surface area contributed by atoms with Gasteiger partial charge < -0.3 is 10.2 Å². The number of nitrogens with one attached hydrogen (secondary N) is 1. The molecule has 0 bridgehead atoms. The van der Waals surface area contributed by atoms with Crippen LogP contribution in [0.1, 0.15) is 32.3 Å². The molecular weight excluding hydrogens is 282 g/mol. The molecule has 21 heavy (non-hydrogen) atoms. The van der Waals surface area contributed by atoms with Crippen LogP contribution in [-0.2, 0) is 10.5 Å². The first-order valence-electron chi connectivity index (χ1n) is 7.31. The van der Waals surface area contributed by atoms with E-state index in [1.807, 2.05) is 40.1 Å². The maximum absolute atomic E-state index is 12.1. The summed E-state index contributed by atoms with van der Waals surface area (Å²) in [6, 6.07) is 8.30. The highest BCUT2D eigenvalue weighted by atomic mass is 32.2. The van der Waals surface area contributed by atoms with Crippen LogP contribution in [0.3, 0.4) is 0 Å². The number of carbonyl (C=O) groups is 1. The molecule has 1 amide bonds. The Bertz CT molecular complexity index is 550. The molecule has 0 saturated carbocycles. The number of amidine groups is 1. The van der Waals surface area contributed by atoms with Crippen LogP contribution in [0.2, 0.25) is 0 Å². The molecule has 1 aliphatic heterocycles. The highest BCUT2D eigenvalue weighted by Gasteiger charge is 2.40. The Morgan fingerprint density at radius 3 is 2.48 bits per heavy atom. The summed E-state index contributed by atoms with van der Waals surface area (Å²) in [5.74, 6) is 0.840. The van der Waals surface area contributed by atoms with Gasteiger partial charge in [0.2, 0.25) is 0 Å². The van der Waals surface area contributed by atoms with Crippen molar-refractivity contribution in [1.82, 2.24) is 5.32 Å². The summed E-state index contributed by atoms with van der Waals surface area (Å²) in [5.41, 5.74) is 1.89. The van der Waals surface area contributed by atoms with Gasteiger partial charge in [0.05, 0.1) is 0 Å². The summed E-state index contributed by atoms with van der Waals surface area (Å²) < 4.78 is 0. The average molecular weight is 305 g/mol. The summed E-state index contributed by atoms with van der Waals surface area (Å²) in [7, 11) is 4.08. The molecule has 1 N–H and O–H groups in total. The minimum absolute atomic E-state index is 0.0379. The lowest BCUT2D eigenvalue weighted by Gasteiger charge is -2.18. The molecule has 5 heteroatoms. The normalized spacial score (nSPS) is 16.6. The maximum Gasteiger partial charge on any atom is 0.253 e. The van der Waals surface area contributed by atoms with Crippen LogP contribution in [0.5, 0.6) is 0 Å². The standard InChI is InChI=1S/C16H23N3OS/c1-5-16(6-2)14(20)17-15(18-16)21-11-12-9-7-8-10-13(12)19(3)4/h7-10H,5-6,11H2,1-4H3,(H,17,18,20). The zero-order valence-electron chi connectivity index (χ0n) is 13.1. The van der Waals surface area contributed by atoms with E-state index in [1.165, 1.54) is 11.3 Å². The number of rotatable bonds is 5. The molecule has 4 nitrogen and oxygen atoms in total. The van der Waals surface area contributed by atoms with E-state index in [0.717, 1.165) is 23.8 Å². The van der Waals surface area contributed by atoms with Crippen molar-refractivity contribution in [2.75, 3.05) is 19.0 Å². The topological polar surface area (TPSA) is 44.7 Å². The number of para-hydroxylation sites is 1. The number of carbonyl (C=O) groups excluding carboxylic acids is 1. The van der Waals surface area contributed by atoms with Gasteiger partial charge in [0.25, 0.3) is 5.91 Å². The smallest absolute Gasteiger partial charge is 0.253 e. The lowest BCUT2D eigenvalue weighted by atomic mass is 9.94. The molecule has 1 aromatic rings. The van der Waals surface area contributed by atoms with Crippen molar-refractivity contribution in [3.05, 3.63) is 29.8 Å². The predicted octanol–water partition coefficient (Wildman–Crippen LogP) is 3.03. The third kappa shape index (κ3) is 3.23. The van der Waals surface area contributed by atoms with Gasteiger partial charge in [-0.25, -0.2) is 4.99 Å². The Balaban J connectivity index is 2.10. The fourth-order valence-electron chi connectivity index (χ4n) is 2.50. The number of thioether (sulfide) groups is 1. The summed E-state index contributed by atoms with van der Waals surface area (Å²) >= 11 is 1.60. The van der Waals surface area contributed by atoms with E-state index in [1.54, 1.807) is 11.8 Å². The van der Waals surface area contributed by atoms with E-state index < -0.39 is 5.54 Å². The molecule has 0 saturated heterocycles. The van der Waals surface area contributed by atoms with Crippen molar-refractivity contribution >= 4 is 28.5 Å². The van der Waals surface area contributed by atoms with Crippen molar-refractivity contribution in [1.29, 1.82) is 0 Å². The highest BCUT2D eigenvalue weighted by Crippen LogP contribution is 2.30. The van der Waals surface area contributed by atoms with Crippen LogP contribution >= 0.6 is 11.8 Å². The monoisotopic (exact) mass is 305 g/mol. The Kier molecular flexibility index (Phi) is 4.93. The molecule has 114 valence electrons. The molecule has 0 fully saturated rings. The first-order valence-corrected chi connectivity index (χ1v) is 8.30. The summed E-state index contributed by atoms with van der Waals surface area (Å²) in [5, 5.41) is 3.67. The van der Waals surface area contributed by atoms with Gasteiger partial charge in [-0.1, -0.05) is 43.8 Å². The SMILES string of the molecule is CCC1(CC)N=C(SCc2ccccc2N(C)C)NC1=O. The van der Waals surface area contributed by atoms with Crippen molar-refractivity contribution in [2.24, 2.45) is 4.99 Å². The molecule has 0 unspecified atom stereocenters. The van der Waals surface area contributed by atoms with Crippen LogP contribution < -0.4 is 10.2 Å². The first kappa shape index (κ1) is 15.9. The molecule has 2 rings (SSSR count). The number of amides is 1. The highest BCUT2D eigenvalue weighted by molar-refractivity contribution is 8.13. The Hall–Kier alpha value is -1.49. The van der Waals surface area contributed by atoms with Gasteiger partial charge in [-0.15, -0.1) is 0 Å². The van der Waals surface area contributed by atoms with E-state index in [0.29, 0.717) is 0 Å². The molecular formula is C16H23N3OS. The van der Waals surface area contributed by atoms with Crippen LogP contribution in [0.15, 0.2) is 29.3 Å². The van der Waals surface area contributed by atoms with Gasteiger partial charge in [0.1, 0.15) is 5.54 Å². The predicted molar refractivity (Wildman–Crippen MR) is 91.0 cm³/mol. The molecule has 0 radical (unpaired) electrons. The molecule has 1 aromatic carbocycles. The molecule has 0 aromatic heterocycles. The van der Waals surface area contributed by atoms with Crippen molar-refractivity contribution in [2.45, 2.75) is 38.0 Å². The quantitative estimate of drug-likeness (QED) is 0.909. The fourth-order valence-corrected chi connectivity index (χ4v) is 3.44. The van der Waals surface area contributed by atoms with Gasteiger partial charge in [-0.05, 0) is 24.5 Å². The fraction of sp³-hybridized carbons (Fsp3) is 0.500. The van der Waals surface area contributed by atoms with Gasteiger partial charge in [-0.3, -0.25) is 4.79 Å². The largest absolute Gasteiger partial charge is 0.377 e. The summed E-state index contributed by atoms with van der Waals surface area (Å²) in [6.45, 7) is 4.03.